The molecule has 12 heteroatoms. The molecule has 0 aliphatic rings. The molecule has 0 aromatic carbocycles. The molecule has 0 aromatic heterocycles. The smallest absolute Gasteiger partial charge is 0.550 e. The number of aliphatic carboxylic acids is 4. The molecule has 0 bridgehead atoms. The Hall–Kier alpha value is 0.203. The summed E-state index contributed by atoms with van der Waals surface area (Å²) < 4.78 is 0. The molecular weight excluding hydrogens is 315 g/mol. The number of carbonyl (C=O) groups is 4. The first-order valence-electron chi connectivity index (χ1n) is 4.42. The molecule has 0 heterocycles. The van der Waals surface area contributed by atoms with Crippen molar-refractivity contribution in [2.45, 2.75) is 24.9 Å². The molecule has 2 atom stereocenters. The summed E-state index contributed by atoms with van der Waals surface area (Å²) in [5.74, 6) is -5.87. The van der Waals surface area contributed by atoms with Gasteiger partial charge in [0.05, 0.1) is 24.4 Å². The Kier molecular flexibility index (Phi) is 22.1. The quantitative estimate of drug-likeness (QED) is 0.392. The van der Waals surface area contributed by atoms with Crippen molar-refractivity contribution < 1.29 is 91.0 Å². The Labute approximate surface area is 172 Å². The second-order valence-corrected chi connectivity index (χ2v) is 3.03. The maximum absolute atomic E-state index is 9.74. The molecule has 104 valence electrons. The summed E-state index contributed by atoms with van der Waals surface area (Å²) in [6.45, 7) is 0. The van der Waals surface area contributed by atoms with Crippen LogP contribution in [0.5, 0.6) is 0 Å². The van der Waals surface area contributed by atoms with E-state index in [9.17, 15) is 34.5 Å². The number of hydrogen-bond acceptors (Lipinski definition) is 9. The van der Waals surface area contributed by atoms with E-state index in [1.165, 1.54) is 0 Å². The summed E-state index contributed by atoms with van der Waals surface area (Å²) in [5.41, 5.74) is 9.51. The zero-order valence-corrected chi connectivity index (χ0v) is 15.3. The fourth-order valence-electron chi connectivity index (χ4n) is 0.534. The number of carboxylic acid groups (broad SMARTS) is 4. The zero-order chi connectivity index (χ0) is 14.9. The fourth-order valence-corrected chi connectivity index (χ4v) is 0.534. The fraction of sp³-hybridized carbons (Fsp3) is 0.500. The van der Waals surface area contributed by atoms with Crippen LogP contribution in [0.25, 0.3) is 0 Å². The number of rotatable bonds is 6. The van der Waals surface area contributed by atoms with E-state index < -0.39 is 48.8 Å². The Bertz CT molecular complexity index is 308. The van der Waals surface area contributed by atoms with Crippen molar-refractivity contribution in [2.24, 2.45) is 11.5 Å². The van der Waals surface area contributed by atoms with Gasteiger partial charge in [-0.05, 0) is 0 Å². The molecule has 0 fully saturated rings. The van der Waals surface area contributed by atoms with E-state index in [0.29, 0.717) is 0 Å². The van der Waals surface area contributed by atoms with E-state index in [2.05, 4.69) is 0 Å². The third-order valence-corrected chi connectivity index (χ3v) is 1.39. The first-order valence-corrected chi connectivity index (χ1v) is 4.42. The van der Waals surface area contributed by atoms with Gasteiger partial charge < -0.3 is 46.3 Å². The van der Waals surface area contributed by atoms with Crippen LogP contribution in [0.4, 0.5) is 0 Å². The second kappa shape index (κ2) is 15.6. The van der Waals surface area contributed by atoms with E-state index in [1.807, 2.05) is 0 Å². The van der Waals surface area contributed by atoms with Gasteiger partial charge in [-0.25, -0.2) is 0 Å². The van der Waals surface area contributed by atoms with Crippen LogP contribution in [0.3, 0.4) is 0 Å². The maximum atomic E-state index is 9.74. The summed E-state index contributed by atoms with van der Waals surface area (Å²) in [7, 11) is 0. The molecule has 20 heavy (non-hydrogen) atoms. The van der Waals surface area contributed by atoms with Crippen LogP contribution in [-0.2, 0) is 19.2 Å². The molecule has 0 unspecified atom stereocenters. The van der Waals surface area contributed by atoms with E-state index in [4.69, 9.17) is 16.6 Å². The molecule has 0 radical (unpaired) electrons. The SMILES string of the molecule is N[C@@H](CC(=O)O)C(=O)[O-].N[C@@H](CC(=O)[O-])C(=O)[O-].[K+].[Mg+2]. The average Bonchev–Trinajstić information content (AvgIpc) is 2.16. The predicted octanol–water partition coefficient (Wildman–Crippen LogP) is -9.63. The van der Waals surface area contributed by atoms with Crippen LogP contribution in [0, 0.1) is 0 Å². The predicted molar refractivity (Wildman–Crippen MR) is 53.6 cm³/mol. The minimum atomic E-state index is -1.58. The summed E-state index contributed by atoms with van der Waals surface area (Å²) in [6.07, 6.45) is -1.30. The Balaban J connectivity index is -0.000000116. The van der Waals surface area contributed by atoms with Gasteiger partial charge in [0.15, 0.2) is 0 Å². The minimum absolute atomic E-state index is 0. The number of hydrogen-bond donors (Lipinski definition) is 3. The Morgan fingerprint density at radius 3 is 1.30 bits per heavy atom. The van der Waals surface area contributed by atoms with Crippen molar-refractivity contribution in [1.82, 2.24) is 0 Å². The van der Waals surface area contributed by atoms with Crippen LogP contribution in [0.1, 0.15) is 12.8 Å². The number of carboxylic acids is 4. The van der Waals surface area contributed by atoms with Gasteiger partial charge in [-0.2, -0.15) is 0 Å². The molecule has 0 rings (SSSR count). The van der Waals surface area contributed by atoms with Gasteiger partial charge in [0.25, 0.3) is 0 Å². The van der Waals surface area contributed by atoms with Gasteiger partial charge in [0.1, 0.15) is 0 Å². The first kappa shape index (κ1) is 28.4. The largest absolute Gasteiger partial charge is 2.00 e. The molecule has 0 amide bonds. The van der Waals surface area contributed by atoms with Crippen LogP contribution < -0.4 is 78.2 Å². The van der Waals surface area contributed by atoms with Crippen LogP contribution >= 0.6 is 0 Å². The summed E-state index contributed by atoms with van der Waals surface area (Å²) in [6, 6.07) is -2.86. The van der Waals surface area contributed by atoms with Crippen LogP contribution in [0.15, 0.2) is 0 Å². The molecule has 0 saturated carbocycles. The third kappa shape index (κ3) is 20.5. The first-order chi connectivity index (χ1) is 8.07. The van der Waals surface area contributed by atoms with Gasteiger partial charge >= 0.3 is 80.4 Å². The second-order valence-electron chi connectivity index (χ2n) is 3.03. The van der Waals surface area contributed by atoms with E-state index >= 15 is 0 Å². The van der Waals surface area contributed by atoms with Gasteiger partial charge in [-0.1, -0.05) is 0 Å². The third-order valence-electron chi connectivity index (χ3n) is 1.39. The summed E-state index contributed by atoms with van der Waals surface area (Å²) in [4.78, 5) is 38.8. The van der Waals surface area contributed by atoms with Crippen molar-refractivity contribution in [2.75, 3.05) is 0 Å². The van der Waals surface area contributed by atoms with Crippen molar-refractivity contribution in [3.63, 3.8) is 0 Å². The van der Waals surface area contributed by atoms with Gasteiger partial charge in [0.2, 0.25) is 0 Å². The molecule has 0 aromatic rings. The molecule has 0 saturated heterocycles. The van der Waals surface area contributed by atoms with Crippen molar-refractivity contribution in [3.05, 3.63) is 0 Å². The van der Waals surface area contributed by atoms with Gasteiger partial charge in [-0.15, -0.1) is 0 Å². The van der Waals surface area contributed by atoms with E-state index in [1.54, 1.807) is 0 Å². The normalized spacial score (nSPS) is 11.3. The van der Waals surface area contributed by atoms with Crippen molar-refractivity contribution in [1.29, 1.82) is 0 Å². The van der Waals surface area contributed by atoms with Crippen LogP contribution in [0.2, 0.25) is 0 Å². The Morgan fingerprint density at radius 2 is 1.20 bits per heavy atom. The van der Waals surface area contributed by atoms with Gasteiger partial charge in [-0.3, -0.25) is 4.79 Å². The summed E-state index contributed by atoms with van der Waals surface area (Å²) >= 11 is 0. The molecule has 0 spiro atoms. The van der Waals surface area contributed by atoms with Crippen molar-refractivity contribution >= 4 is 46.9 Å². The van der Waals surface area contributed by atoms with Crippen molar-refractivity contribution in [3.8, 4) is 0 Å². The molecule has 10 nitrogen and oxygen atoms in total. The monoisotopic (exact) mass is 326 g/mol. The Morgan fingerprint density at radius 1 is 0.900 bits per heavy atom. The number of nitrogens with two attached hydrogens (primary N) is 2. The molecular formula is C8H11KMgN2O8. The molecule has 5 N–H and O–H groups in total. The topological polar surface area (TPSA) is 210 Å². The van der Waals surface area contributed by atoms with E-state index in [-0.39, 0.29) is 74.4 Å². The summed E-state index contributed by atoms with van der Waals surface area (Å²) in [5, 5.41) is 37.0. The number of carbonyl (C=O) groups excluding carboxylic acids is 3. The minimum Gasteiger partial charge on any atom is -0.550 e. The van der Waals surface area contributed by atoms with Gasteiger partial charge in [0, 0.05) is 18.4 Å². The zero-order valence-electron chi connectivity index (χ0n) is 10.7. The van der Waals surface area contributed by atoms with Crippen LogP contribution in [-0.4, -0.2) is 64.1 Å². The molecule has 0 aliphatic carbocycles. The molecule has 0 aliphatic heterocycles. The standard InChI is InChI=1S/2C4H7NO4.K.Mg/c2*5-2(4(8)9)1-3(6)7;;/h2*2H,1,5H2,(H,6,7)(H,8,9);;/q;;+1;+2/p-3/t2*2-;;/m00../s1. The maximum Gasteiger partial charge on any atom is 2.00 e. The van der Waals surface area contributed by atoms with E-state index in [0.717, 1.165) is 0 Å². The average molecular weight is 327 g/mol.